The Hall–Kier alpha value is -2.69. The Labute approximate surface area is 175 Å². The first-order chi connectivity index (χ1) is 13.6. The third-order valence-electron chi connectivity index (χ3n) is 4.85. The maximum absolute atomic E-state index is 6.11. The van der Waals surface area contributed by atoms with Gasteiger partial charge < -0.3 is 0 Å². The van der Waals surface area contributed by atoms with Crippen LogP contribution >= 0.6 is 27.5 Å². The average Bonchev–Trinajstić information content (AvgIpc) is 3.09. The van der Waals surface area contributed by atoms with Gasteiger partial charge in [0.25, 0.3) is 0 Å². The Morgan fingerprint density at radius 2 is 1.64 bits per heavy atom. The summed E-state index contributed by atoms with van der Waals surface area (Å²) < 4.78 is 3.03. The highest BCUT2D eigenvalue weighted by molar-refractivity contribution is 9.10. The van der Waals surface area contributed by atoms with Crippen molar-refractivity contribution in [2.24, 2.45) is 0 Å². The van der Waals surface area contributed by atoms with Gasteiger partial charge in [0.05, 0.1) is 16.7 Å². The second-order valence-electron chi connectivity index (χ2n) is 6.78. The summed E-state index contributed by atoms with van der Waals surface area (Å²) in [6, 6.07) is 22.3. The van der Waals surface area contributed by atoms with E-state index < -0.39 is 0 Å². The normalized spacial score (nSPS) is 11.4. The minimum atomic E-state index is 0.704. The van der Waals surface area contributed by atoms with Crippen molar-refractivity contribution in [2.75, 3.05) is 0 Å². The van der Waals surface area contributed by atoms with Crippen LogP contribution < -0.4 is 0 Å². The smallest absolute Gasteiger partial charge is 0.102 e. The summed E-state index contributed by atoms with van der Waals surface area (Å²) in [6.07, 6.45) is 1.92. The zero-order chi connectivity index (χ0) is 19.3. The van der Waals surface area contributed by atoms with Gasteiger partial charge in [0.2, 0.25) is 0 Å². The molecule has 2 heterocycles. The number of pyridine rings is 1. The van der Waals surface area contributed by atoms with E-state index in [1.54, 1.807) is 0 Å². The first kappa shape index (κ1) is 17.4. The number of benzene rings is 3. The van der Waals surface area contributed by atoms with Crippen LogP contribution in [0.2, 0.25) is 5.02 Å². The summed E-state index contributed by atoms with van der Waals surface area (Å²) in [6.45, 7) is 2.09. The molecule has 0 N–H and O–H groups in total. The van der Waals surface area contributed by atoms with E-state index in [0.717, 1.165) is 43.2 Å². The van der Waals surface area contributed by atoms with Crippen molar-refractivity contribution >= 4 is 49.3 Å². The van der Waals surface area contributed by atoms with Crippen molar-refractivity contribution in [2.45, 2.75) is 6.92 Å². The lowest BCUT2D eigenvalue weighted by Gasteiger charge is -2.06. The Bertz CT molecular complexity index is 1320. The second-order valence-corrected chi connectivity index (χ2v) is 8.14. The minimum absolute atomic E-state index is 0.704. The molecule has 0 unspecified atom stereocenters. The Balaban J connectivity index is 1.90. The molecule has 0 radical (unpaired) electrons. The van der Waals surface area contributed by atoms with Crippen LogP contribution in [0.4, 0.5) is 0 Å². The molecule has 0 aliphatic rings. The summed E-state index contributed by atoms with van der Waals surface area (Å²) in [5.41, 5.74) is 6.12. The number of nitrogens with zero attached hydrogens (tertiary/aromatic N) is 3. The molecule has 3 aromatic carbocycles. The summed E-state index contributed by atoms with van der Waals surface area (Å²) >= 11 is 9.61. The van der Waals surface area contributed by atoms with Crippen LogP contribution in [0.1, 0.15) is 5.56 Å². The molecule has 0 atom stereocenters. The molecule has 3 nitrogen and oxygen atoms in total. The zero-order valence-electron chi connectivity index (χ0n) is 15.0. The summed E-state index contributed by atoms with van der Waals surface area (Å²) in [7, 11) is 0. The van der Waals surface area contributed by atoms with Gasteiger partial charge in [-0.25, -0.2) is 4.68 Å². The van der Waals surface area contributed by atoms with Crippen molar-refractivity contribution in [1.82, 2.24) is 14.8 Å². The molecular formula is C23H15BrClN3. The van der Waals surface area contributed by atoms with Gasteiger partial charge in [0.15, 0.2) is 0 Å². The van der Waals surface area contributed by atoms with E-state index >= 15 is 0 Å². The molecule has 0 amide bonds. The average molecular weight is 449 g/mol. The third-order valence-corrected chi connectivity index (χ3v) is 5.63. The van der Waals surface area contributed by atoms with Gasteiger partial charge in [0, 0.05) is 32.0 Å². The largest absolute Gasteiger partial charge is 0.255 e. The van der Waals surface area contributed by atoms with Gasteiger partial charge in [-0.3, -0.25) is 4.98 Å². The van der Waals surface area contributed by atoms with Crippen molar-refractivity contribution < 1.29 is 0 Å². The molecule has 0 saturated heterocycles. The Morgan fingerprint density at radius 1 is 0.893 bits per heavy atom. The van der Waals surface area contributed by atoms with E-state index in [4.69, 9.17) is 21.7 Å². The summed E-state index contributed by atoms with van der Waals surface area (Å²) in [5, 5.41) is 7.80. The lowest BCUT2D eigenvalue weighted by atomic mass is 10.1. The molecule has 0 saturated carbocycles. The number of halogens is 2. The maximum Gasteiger partial charge on any atom is 0.102 e. The van der Waals surface area contributed by atoms with Crippen LogP contribution in [-0.2, 0) is 0 Å². The number of rotatable bonds is 2. The van der Waals surface area contributed by atoms with Crippen molar-refractivity contribution in [3.8, 4) is 16.9 Å². The Morgan fingerprint density at radius 3 is 2.39 bits per heavy atom. The number of aryl methyl sites for hydroxylation is 1. The zero-order valence-corrected chi connectivity index (χ0v) is 17.4. The van der Waals surface area contributed by atoms with E-state index in [2.05, 4.69) is 53.2 Å². The van der Waals surface area contributed by atoms with Gasteiger partial charge in [-0.15, -0.1) is 0 Å². The molecule has 0 aliphatic heterocycles. The molecule has 5 rings (SSSR count). The molecule has 28 heavy (non-hydrogen) atoms. The van der Waals surface area contributed by atoms with E-state index in [0.29, 0.717) is 5.02 Å². The quantitative estimate of drug-likeness (QED) is 0.292. The van der Waals surface area contributed by atoms with Crippen LogP contribution in [0, 0.1) is 6.92 Å². The van der Waals surface area contributed by atoms with Crippen LogP contribution in [-0.4, -0.2) is 14.8 Å². The number of hydrogen-bond donors (Lipinski definition) is 0. The molecule has 136 valence electrons. The van der Waals surface area contributed by atoms with Crippen molar-refractivity contribution in [3.63, 3.8) is 0 Å². The number of fused-ring (bicyclic) bond motifs is 3. The molecule has 5 aromatic rings. The van der Waals surface area contributed by atoms with Gasteiger partial charge >= 0.3 is 0 Å². The lowest BCUT2D eigenvalue weighted by molar-refractivity contribution is 0.917. The predicted molar refractivity (Wildman–Crippen MR) is 119 cm³/mol. The van der Waals surface area contributed by atoms with Crippen molar-refractivity contribution in [3.05, 3.63) is 88.0 Å². The van der Waals surface area contributed by atoms with Crippen LogP contribution in [0.5, 0.6) is 0 Å². The SMILES string of the molecule is Cc1ccc2ncc3c(-c4ccc(Br)cc4)nn(-c4ccc(Cl)cc4)c3c2c1. The molecule has 0 fully saturated rings. The fraction of sp³-hybridized carbons (Fsp3) is 0.0435. The number of hydrogen-bond acceptors (Lipinski definition) is 2. The summed E-state index contributed by atoms with van der Waals surface area (Å²) in [4.78, 5) is 4.69. The van der Waals surface area contributed by atoms with Crippen LogP contribution in [0.15, 0.2) is 77.4 Å². The highest BCUT2D eigenvalue weighted by atomic mass is 79.9. The minimum Gasteiger partial charge on any atom is -0.255 e. The Kier molecular flexibility index (Phi) is 4.18. The van der Waals surface area contributed by atoms with Crippen LogP contribution in [0.25, 0.3) is 38.8 Å². The van der Waals surface area contributed by atoms with Crippen molar-refractivity contribution in [1.29, 1.82) is 0 Å². The monoisotopic (exact) mass is 447 g/mol. The molecule has 2 aromatic heterocycles. The highest BCUT2D eigenvalue weighted by Gasteiger charge is 2.17. The molecule has 0 aliphatic carbocycles. The van der Waals surface area contributed by atoms with Gasteiger partial charge in [0.1, 0.15) is 5.69 Å². The second kappa shape index (κ2) is 6.73. The summed E-state index contributed by atoms with van der Waals surface area (Å²) in [5.74, 6) is 0. The third kappa shape index (κ3) is 2.89. The topological polar surface area (TPSA) is 30.7 Å². The van der Waals surface area contributed by atoms with Gasteiger partial charge in [-0.1, -0.05) is 51.3 Å². The van der Waals surface area contributed by atoms with E-state index in [1.807, 2.05) is 47.3 Å². The standard InChI is InChI=1S/C23H15BrClN3/c1-14-2-11-21-19(12-14)23-20(13-26-21)22(15-3-5-16(24)6-4-15)27-28(23)18-9-7-17(25)8-10-18/h2-13H,1H3. The molecule has 0 bridgehead atoms. The molecular weight excluding hydrogens is 434 g/mol. The maximum atomic E-state index is 6.11. The highest BCUT2D eigenvalue weighted by Crippen LogP contribution is 2.34. The molecule has 5 heteroatoms. The van der Waals surface area contributed by atoms with E-state index in [1.165, 1.54) is 5.56 Å². The fourth-order valence-corrected chi connectivity index (χ4v) is 3.88. The fourth-order valence-electron chi connectivity index (χ4n) is 3.49. The predicted octanol–water partition coefficient (Wildman–Crippen LogP) is 6.97. The van der Waals surface area contributed by atoms with E-state index in [-0.39, 0.29) is 0 Å². The first-order valence-electron chi connectivity index (χ1n) is 8.90. The van der Waals surface area contributed by atoms with Crippen LogP contribution in [0.3, 0.4) is 0 Å². The molecule has 0 spiro atoms. The number of aromatic nitrogens is 3. The first-order valence-corrected chi connectivity index (χ1v) is 10.1. The van der Waals surface area contributed by atoms with E-state index in [9.17, 15) is 0 Å². The van der Waals surface area contributed by atoms with Gasteiger partial charge in [-0.05, 0) is 55.5 Å². The van der Waals surface area contributed by atoms with Gasteiger partial charge in [-0.2, -0.15) is 5.10 Å². The lowest BCUT2D eigenvalue weighted by Crippen LogP contribution is -1.97.